The Morgan fingerprint density at radius 2 is 1.92 bits per heavy atom. The second kappa shape index (κ2) is 6.98. The third-order valence-corrected chi connectivity index (χ3v) is 4.16. The van der Waals surface area contributed by atoms with Gasteiger partial charge in [0.2, 0.25) is 0 Å². The number of fused-ring (bicyclic) bond motifs is 1. The quantitative estimate of drug-likeness (QED) is 0.723. The lowest BCUT2D eigenvalue weighted by Crippen LogP contribution is -2.22. The van der Waals surface area contributed by atoms with Crippen molar-refractivity contribution >= 4 is 29.2 Å². The molecule has 0 fully saturated rings. The Morgan fingerprint density at radius 3 is 2.62 bits per heavy atom. The SMILES string of the molecule is CNC(=O)c1ccc(CN(C)Cn2c(=S)oc3ccccc32)cc1. The average Bonchev–Trinajstić information content (AvgIpc) is 2.90. The van der Waals surface area contributed by atoms with Crippen LogP contribution in [-0.2, 0) is 13.2 Å². The first-order valence-corrected chi connectivity index (χ1v) is 8.07. The third kappa shape index (κ3) is 3.39. The Kier molecular flexibility index (Phi) is 4.78. The number of hydrogen-bond donors (Lipinski definition) is 1. The topological polar surface area (TPSA) is 50.4 Å². The van der Waals surface area contributed by atoms with E-state index in [9.17, 15) is 4.79 Å². The van der Waals surface area contributed by atoms with E-state index in [1.165, 1.54) is 0 Å². The van der Waals surface area contributed by atoms with Gasteiger partial charge in [0.05, 0.1) is 12.2 Å². The predicted molar refractivity (Wildman–Crippen MR) is 96.3 cm³/mol. The van der Waals surface area contributed by atoms with E-state index in [4.69, 9.17) is 16.6 Å². The van der Waals surface area contributed by atoms with Crippen LogP contribution in [0.4, 0.5) is 0 Å². The monoisotopic (exact) mass is 341 g/mol. The minimum Gasteiger partial charge on any atom is -0.429 e. The number of benzene rings is 2. The Hall–Kier alpha value is -2.44. The molecule has 5 nitrogen and oxygen atoms in total. The molecule has 3 aromatic rings. The summed E-state index contributed by atoms with van der Waals surface area (Å²) < 4.78 is 7.59. The Labute approximate surface area is 145 Å². The van der Waals surface area contributed by atoms with Crippen LogP contribution >= 0.6 is 12.2 Å². The van der Waals surface area contributed by atoms with E-state index in [1.807, 2.05) is 60.1 Å². The average molecular weight is 341 g/mol. The molecule has 0 saturated heterocycles. The van der Waals surface area contributed by atoms with Crippen molar-refractivity contribution in [3.8, 4) is 0 Å². The van der Waals surface area contributed by atoms with Gasteiger partial charge in [-0.1, -0.05) is 24.3 Å². The molecule has 1 aromatic heterocycles. The molecule has 0 aliphatic heterocycles. The van der Waals surface area contributed by atoms with Crippen LogP contribution in [0, 0.1) is 4.84 Å². The summed E-state index contributed by atoms with van der Waals surface area (Å²) in [4.78, 5) is 14.2. The van der Waals surface area contributed by atoms with Gasteiger partial charge < -0.3 is 9.73 Å². The van der Waals surface area contributed by atoms with Gasteiger partial charge in [-0.2, -0.15) is 0 Å². The fourth-order valence-electron chi connectivity index (χ4n) is 2.66. The Bertz CT molecular complexity index is 912. The maximum Gasteiger partial charge on any atom is 0.270 e. The van der Waals surface area contributed by atoms with Crippen LogP contribution in [0.5, 0.6) is 0 Å². The molecule has 0 unspecified atom stereocenters. The lowest BCUT2D eigenvalue weighted by molar-refractivity contribution is 0.0963. The lowest BCUT2D eigenvalue weighted by Gasteiger charge is -2.17. The van der Waals surface area contributed by atoms with Gasteiger partial charge in [-0.3, -0.25) is 14.3 Å². The van der Waals surface area contributed by atoms with Crippen molar-refractivity contribution in [3.05, 3.63) is 64.5 Å². The van der Waals surface area contributed by atoms with Crippen LogP contribution in [0.3, 0.4) is 0 Å². The first kappa shape index (κ1) is 16.4. The van der Waals surface area contributed by atoms with Crippen molar-refractivity contribution in [2.24, 2.45) is 0 Å². The van der Waals surface area contributed by atoms with Crippen molar-refractivity contribution in [2.75, 3.05) is 14.1 Å². The molecule has 0 saturated carbocycles. The number of nitrogens with one attached hydrogen (secondary N) is 1. The molecule has 0 atom stereocenters. The summed E-state index contributed by atoms with van der Waals surface area (Å²) in [6, 6.07) is 15.4. The summed E-state index contributed by atoms with van der Waals surface area (Å²) in [5.41, 5.74) is 3.58. The predicted octanol–water partition coefficient (Wildman–Crippen LogP) is 3.41. The normalized spacial score (nSPS) is 11.1. The van der Waals surface area contributed by atoms with Gasteiger partial charge in [-0.25, -0.2) is 0 Å². The van der Waals surface area contributed by atoms with E-state index in [1.54, 1.807) is 7.05 Å². The van der Waals surface area contributed by atoms with Crippen LogP contribution in [0.1, 0.15) is 15.9 Å². The number of carbonyl (C=O) groups is 1. The molecule has 24 heavy (non-hydrogen) atoms. The number of aromatic nitrogens is 1. The first-order valence-electron chi connectivity index (χ1n) is 7.66. The van der Waals surface area contributed by atoms with Crippen molar-refractivity contribution in [1.82, 2.24) is 14.8 Å². The van der Waals surface area contributed by atoms with Gasteiger partial charge in [-0.15, -0.1) is 0 Å². The first-order chi connectivity index (χ1) is 11.6. The number of nitrogens with zero attached hydrogens (tertiary/aromatic N) is 2. The maximum atomic E-state index is 11.6. The maximum absolute atomic E-state index is 11.6. The van der Waals surface area contributed by atoms with Crippen LogP contribution in [-0.4, -0.2) is 29.5 Å². The van der Waals surface area contributed by atoms with Crippen LogP contribution in [0.25, 0.3) is 11.1 Å². The fraction of sp³-hybridized carbons (Fsp3) is 0.222. The van der Waals surface area contributed by atoms with Gasteiger partial charge in [0.25, 0.3) is 10.7 Å². The molecule has 1 N–H and O–H groups in total. The van der Waals surface area contributed by atoms with Crippen molar-refractivity contribution in [3.63, 3.8) is 0 Å². The lowest BCUT2D eigenvalue weighted by atomic mass is 10.1. The number of hydrogen-bond acceptors (Lipinski definition) is 4. The summed E-state index contributed by atoms with van der Waals surface area (Å²) in [7, 11) is 3.65. The van der Waals surface area contributed by atoms with Gasteiger partial charge in [0.1, 0.15) is 0 Å². The number of carbonyl (C=O) groups excluding carboxylic acids is 1. The molecule has 1 amide bonds. The van der Waals surface area contributed by atoms with Gasteiger partial charge >= 0.3 is 0 Å². The molecule has 6 heteroatoms. The molecule has 0 aliphatic rings. The summed E-state index contributed by atoms with van der Waals surface area (Å²) in [6.45, 7) is 1.38. The zero-order valence-corrected chi connectivity index (χ0v) is 14.5. The molecule has 2 aromatic carbocycles. The third-order valence-electron chi connectivity index (χ3n) is 3.85. The molecule has 0 spiro atoms. The van der Waals surface area contributed by atoms with E-state index in [0.717, 1.165) is 23.2 Å². The molecular weight excluding hydrogens is 322 g/mol. The number of amides is 1. The molecule has 124 valence electrons. The largest absolute Gasteiger partial charge is 0.429 e. The standard InChI is InChI=1S/C18H19N3O2S/c1-19-17(22)14-9-7-13(8-10-14)11-20(2)12-21-15-5-3-4-6-16(15)23-18(21)24/h3-10H,11-12H2,1-2H3,(H,19,22). The molecule has 3 rings (SSSR count). The molecule has 0 aliphatic carbocycles. The highest BCUT2D eigenvalue weighted by molar-refractivity contribution is 7.71. The van der Waals surface area contributed by atoms with Crippen molar-refractivity contribution in [1.29, 1.82) is 0 Å². The molecule has 0 bridgehead atoms. The molecule has 0 radical (unpaired) electrons. The number of para-hydroxylation sites is 2. The summed E-state index contributed by atoms with van der Waals surface area (Å²) >= 11 is 5.32. The number of rotatable bonds is 5. The van der Waals surface area contributed by atoms with Crippen LogP contribution in [0.15, 0.2) is 52.9 Å². The molecular formula is C18H19N3O2S. The summed E-state index contributed by atoms with van der Waals surface area (Å²) in [5.74, 6) is -0.0777. The minimum absolute atomic E-state index is 0.0777. The second-order valence-corrected chi connectivity index (χ2v) is 6.04. The smallest absolute Gasteiger partial charge is 0.270 e. The highest BCUT2D eigenvalue weighted by Gasteiger charge is 2.09. The molecule has 1 heterocycles. The minimum atomic E-state index is -0.0777. The van der Waals surface area contributed by atoms with Crippen molar-refractivity contribution in [2.45, 2.75) is 13.2 Å². The Morgan fingerprint density at radius 1 is 1.21 bits per heavy atom. The van der Waals surface area contributed by atoms with Crippen molar-refractivity contribution < 1.29 is 9.21 Å². The summed E-state index contributed by atoms with van der Waals surface area (Å²) in [5, 5.41) is 2.62. The number of oxazole rings is 1. The van der Waals surface area contributed by atoms with E-state index in [2.05, 4.69) is 10.2 Å². The van der Waals surface area contributed by atoms with Gasteiger partial charge in [0.15, 0.2) is 5.58 Å². The van der Waals surface area contributed by atoms with Gasteiger partial charge in [-0.05, 0) is 49.1 Å². The van der Waals surface area contributed by atoms with Crippen LogP contribution < -0.4 is 5.32 Å². The fourth-order valence-corrected chi connectivity index (χ4v) is 2.90. The van der Waals surface area contributed by atoms with E-state index >= 15 is 0 Å². The van der Waals surface area contributed by atoms with E-state index in [0.29, 0.717) is 17.1 Å². The highest BCUT2D eigenvalue weighted by Crippen LogP contribution is 2.18. The van der Waals surface area contributed by atoms with Gasteiger partial charge in [0, 0.05) is 19.2 Å². The highest BCUT2D eigenvalue weighted by atomic mass is 32.1. The zero-order chi connectivity index (χ0) is 17.1. The zero-order valence-electron chi connectivity index (χ0n) is 13.7. The summed E-state index contributed by atoms with van der Waals surface area (Å²) in [6.07, 6.45) is 0. The van der Waals surface area contributed by atoms with E-state index < -0.39 is 0 Å². The van der Waals surface area contributed by atoms with Crippen LogP contribution in [0.2, 0.25) is 0 Å². The Balaban J connectivity index is 1.73. The second-order valence-electron chi connectivity index (χ2n) is 5.70. The van der Waals surface area contributed by atoms with E-state index in [-0.39, 0.29) is 5.91 Å².